The zero-order valence-electron chi connectivity index (χ0n) is 13.5. The highest BCUT2D eigenvalue weighted by atomic mass is 35.5. The normalized spacial score (nSPS) is 20.6. The number of likely N-dealkylation sites (N-methyl/N-ethyl adjacent to an activating group) is 1. The van der Waals surface area contributed by atoms with Gasteiger partial charge in [0.1, 0.15) is 17.2 Å². The van der Waals surface area contributed by atoms with Gasteiger partial charge in [0.25, 0.3) is 0 Å². The van der Waals surface area contributed by atoms with Crippen molar-refractivity contribution in [2.75, 3.05) is 11.9 Å². The minimum atomic E-state index is -0.648. The molecule has 1 atom stereocenters. The smallest absolute Gasteiger partial charge is 0.223 e. The van der Waals surface area contributed by atoms with Gasteiger partial charge in [0.2, 0.25) is 5.72 Å². The number of rotatable bonds is 0. The lowest BCUT2D eigenvalue weighted by atomic mass is 10.0. The van der Waals surface area contributed by atoms with E-state index < -0.39 is 5.72 Å². The first kappa shape index (κ1) is 14.6. The summed E-state index contributed by atoms with van der Waals surface area (Å²) in [5, 5.41) is 12.4. The number of aliphatic imine (C=N–C) groups is 1. The van der Waals surface area contributed by atoms with E-state index in [1.54, 1.807) is 12.1 Å². The van der Waals surface area contributed by atoms with E-state index in [4.69, 9.17) is 21.3 Å². The highest BCUT2D eigenvalue weighted by molar-refractivity contribution is 6.30. The van der Waals surface area contributed by atoms with Crippen molar-refractivity contribution >= 4 is 40.0 Å². The van der Waals surface area contributed by atoms with Crippen LogP contribution in [0.15, 0.2) is 53.5 Å². The molecule has 0 radical (unpaired) electrons. The van der Waals surface area contributed by atoms with Gasteiger partial charge in [-0.1, -0.05) is 23.7 Å². The molecule has 0 fully saturated rings. The molecule has 2 aliphatic rings. The maximum absolute atomic E-state index is 9.81. The van der Waals surface area contributed by atoms with Crippen molar-refractivity contribution in [3.05, 3.63) is 59.1 Å². The van der Waals surface area contributed by atoms with Crippen LogP contribution in [-0.4, -0.2) is 24.1 Å². The Morgan fingerprint density at radius 3 is 2.88 bits per heavy atom. The average Bonchev–Trinajstić information content (AvgIpc) is 2.85. The summed E-state index contributed by atoms with van der Waals surface area (Å²) in [6, 6.07) is 15.1. The van der Waals surface area contributed by atoms with Crippen LogP contribution in [0.25, 0.3) is 10.8 Å². The third-order valence-corrected chi connectivity index (χ3v) is 5.27. The molecule has 1 unspecified atom stereocenters. The lowest BCUT2D eigenvalue weighted by molar-refractivity contribution is 0.154. The van der Waals surface area contributed by atoms with Crippen molar-refractivity contribution in [1.29, 1.82) is 0 Å². The summed E-state index contributed by atoms with van der Waals surface area (Å²) in [5.74, 6) is 0.933. The minimum absolute atomic E-state index is 0.219. The van der Waals surface area contributed by atoms with Gasteiger partial charge >= 0.3 is 0 Å². The molecule has 0 saturated heterocycles. The standard InChI is InChI=1S/C20H15ClN2O2/c1-23-17-6-4-14(21)8-13(17)10-20(23)11-22-19-16-9-15(24)5-2-12(16)3-7-18(19)25-20/h2-9,11,24H,10H2,1H3. The second-order valence-electron chi connectivity index (χ2n) is 6.53. The summed E-state index contributed by atoms with van der Waals surface area (Å²) in [6.45, 7) is 0. The Hall–Kier alpha value is -2.72. The van der Waals surface area contributed by atoms with Crippen molar-refractivity contribution in [2.24, 2.45) is 4.99 Å². The first-order chi connectivity index (χ1) is 12.1. The molecule has 5 heteroatoms. The molecular formula is C20H15ClN2O2. The average molecular weight is 351 g/mol. The van der Waals surface area contributed by atoms with E-state index >= 15 is 0 Å². The molecule has 124 valence electrons. The van der Waals surface area contributed by atoms with Gasteiger partial charge in [-0.25, -0.2) is 0 Å². The number of aromatic hydroxyl groups is 1. The third-order valence-electron chi connectivity index (χ3n) is 5.04. The van der Waals surface area contributed by atoms with Crippen LogP contribution < -0.4 is 9.64 Å². The van der Waals surface area contributed by atoms with Gasteiger partial charge in [-0.05, 0) is 47.3 Å². The summed E-state index contributed by atoms with van der Waals surface area (Å²) in [4.78, 5) is 6.81. The van der Waals surface area contributed by atoms with E-state index in [0.717, 1.165) is 32.7 Å². The van der Waals surface area contributed by atoms with E-state index in [9.17, 15) is 5.11 Å². The van der Waals surface area contributed by atoms with Gasteiger partial charge in [0.15, 0.2) is 0 Å². The van der Waals surface area contributed by atoms with Gasteiger partial charge in [0.05, 0.1) is 6.21 Å². The minimum Gasteiger partial charge on any atom is -0.508 e. The van der Waals surface area contributed by atoms with E-state index in [2.05, 4.69) is 4.90 Å². The number of fused-ring (bicyclic) bond motifs is 4. The van der Waals surface area contributed by atoms with E-state index in [0.29, 0.717) is 12.2 Å². The van der Waals surface area contributed by atoms with Crippen LogP contribution in [-0.2, 0) is 6.42 Å². The Bertz CT molecular complexity index is 1060. The van der Waals surface area contributed by atoms with Crippen LogP contribution >= 0.6 is 11.6 Å². The molecule has 1 spiro atoms. The molecule has 0 aromatic heterocycles. The topological polar surface area (TPSA) is 45.1 Å². The van der Waals surface area contributed by atoms with E-state index in [1.807, 2.05) is 49.7 Å². The summed E-state index contributed by atoms with van der Waals surface area (Å²) < 4.78 is 6.41. The molecule has 5 rings (SSSR count). The SMILES string of the molecule is CN1c2ccc(Cl)cc2CC12C=Nc1c(ccc3ccc(O)cc13)O2. The molecule has 2 heterocycles. The summed E-state index contributed by atoms with van der Waals surface area (Å²) in [7, 11) is 2.00. The number of phenols is 1. The number of halogens is 1. The van der Waals surface area contributed by atoms with E-state index in [1.165, 1.54) is 0 Å². The van der Waals surface area contributed by atoms with Gasteiger partial charge in [-0.15, -0.1) is 0 Å². The fourth-order valence-electron chi connectivity index (χ4n) is 3.72. The number of anilines is 1. The van der Waals surface area contributed by atoms with Crippen molar-refractivity contribution < 1.29 is 9.84 Å². The number of phenolic OH excluding ortho intramolecular Hbond substituents is 1. The molecule has 0 amide bonds. The molecule has 2 aliphatic heterocycles. The molecule has 0 saturated carbocycles. The molecule has 0 bridgehead atoms. The molecule has 4 nitrogen and oxygen atoms in total. The quantitative estimate of drug-likeness (QED) is 0.640. The molecule has 25 heavy (non-hydrogen) atoms. The first-order valence-corrected chi connectivity index (χ1v) is 8.46. The lowest BCUT2D eigenvalue weighted by Crippen LogP contribution is -2.52. The Labute approximate surface area is 149 Å². The van der Waals surface area contributed by atoms with E-state index in [-0.39, 0.29) is 5.75 Å². The molecule has 3 aromatic rings. The zero-order chi connectivity index (χ0) is 17.2. The number of ether oxygens (including phenoxy) is 1. The zero-order valence-corrected chi connectivity index (χ0v) is 14.3. The Morgan fingerprint density at radius 1 is 1.16 bits per heavy atom. The Balaban J connectivity index is 1.63. The summed E-state index contributed by atoms with van der Waals surface area (Å²) in [6.07, 6.45) is 2.53. The second kappa shape index (κ2) is 4.90. The Morgan fingerprint density at radius 2 is 2.00 bits per heavy atom. The van der Waals surface area contributed by atoms with Crippen molar-refractivity contribution in [3.63, 3.8) is 0 Å². The maximum atomic E-state index is 9.81. The fourth-order valence-corrected chi connectivity index (χ4v) is 3.92. The lowest BCUT2D eigenvalue weighted by Gasteiger charge is -2.37. The van der Waals surface area contributed by atoms with Crippen molar-refractivity contribution in [1.82, 2.24) is 0 Å². The van der Waals surface area contributed by atoms with Crippen LogP contribution in [0.5, 0.6) is 11.5 Å². The maximum Gasteiger partial charge on any atom is 0.223 e. The van der Waals surface area contributed by atoms with Gasteiger partial charge in [-0.3, -0.25) is 4.99 Å². The van der Waals surface area contributed by atoms with Gasteiger partial charge in [0, 0.05) is 29.6 Å². The predicted octanol–water partition coefficient (Wildman–Crippen LogP) is 4.68. The number of hydrogen-bond donors (Lipinski definition) is 1. The van der Waals surface area contributed by atoms with Crippen LogP contribution in [0.2, 0.25) is 5.02 Å². The van der Waals surface area contributed by atoms with Crippen LogP contribution in [0.3, 0.4) is 0 Å². The molecule has 0 aliphatic carbocycles. The number of benzene rings is 3. The highest BCUT2D eigenvalue weighted by Crippen LogP contribution is 2.46. The second-order valence-corrected chi connectivity index (χ2v) is 6.97. The van der Waals surface area contributed by atoms with Gasteiger partial charge in [-0.2, -0.15) is 0 Å². The molecule has 3 aromatic carbocycles. The van der Waals surface area contributed by atoms with Crippen LogP contribution in [0.1, 0.15) is 5.56 Å². The fraction of sp³-hybridized carbons (Fsp3) is 0.150. The number of hydrogen-bond acceptors (Lipinski definition) is 4. The number of nitrogens with zero attached hydrogens (tertiary/aromatic N) is 2. The summed E-state index contributed by atoms with van der Waals surface area (Å²) in [5.41, 5.74) is 2.34. The third kappa shape index (κ3) is 2.04. The largest absolute Gasteiger partial charge is 0.508 e. The Kier molecular flexibility index (Phi) is 2.86. The van der Waals surface area contributed by atoms with Crippen molar-refractivity contribution in [3.8, 4) is 11.5 Å². The monoisotopic (exact) mass is 350 g/mol. The van der Waals surface area contributed by atoms with Crippen LogP contribution in [0, 0.1) is 0 Å². The summed E-state index contributed by atoms with van der Waals surface area (Å²) >= 11 is 6.14. The molecular weight excluding hydrogens is 336 g/mol. The van der Waals surface area contributed by atoms with Crippen LogP contribution in [0.4, 0.5) is 11.4 Å². The molecule has 1 N–H and O–H groups in total. The highest BCUT2D eigenvalue weighted by Gasteiger charge is 2.45. The first-order valence-electron chi connectivity index (χ1n) is 8.08. The van der Waals surface area contributed by atoms with Gasteiger partial charge < -0.3 is 14.7 Å². The van der Waals surface area contributed by atoms with Crippen molar-refractivity contribution in [2.45, 2.75) is 12.1 Å². The predicted molar refractivity (Wildman–Crippen MR) is 101 cm³/mol.